The molecule has 1 aromatic rings. The number of nitrogens with one attached hydrogen (secondary N) is 1. The summed E-state index contributed by atoms with van der Waals surface area (Å²) in [4.78, 5) is 17.2. The third-order valence-electron chi connectivity index (χ3n) is 5.68. The van der Waals surface area contributed by atoms with Gasteiger partial charge >= 0.3 is 0 Å². The summed E-state index contributed by atoms with van der Waals surface area (Å²) in [6.45, 7) is 7.05. The van der Waals surface area contributed by atoms with Crippen LogP contribution in [0.4, 0.5) is 4.39 Å². The number of hydrogen-bond donors (Lipinski definition) is 1. The van der Waals surface area contributed by atoms with E-state index in [2.05, 4.69) is 15.1 Å². The van der Waals surface area contributed by atoms with Gasteiger partial charge in [0.25, 0.3) is 0 Å². The van der Waals surface area contributed by atoms with Crippen molar-refractivity contribution in [3.63, 3.8) is 0 Å². The topological polar surface area (TPSA) is 35.6 Å². The van der Waals surface area contributed by atoms with Crippen LogP contribution in [0.25, 0.3) is 0 Å². The summed E-state index contributed by atoms with van der Waals surface area (Å²) < 4.78 is 13.0. The van der Waals surface area contributed by atoms with Gasteiger partial charge in [-0.15, -0.1) is 0 Å². The lowest BCUT2D eigenvalue weighted by Crippen LogP contribution is -2.41. The molecular weight excluding hydrogens is 329 g/mol. The number of amides is 1. The molecule has 1 N–H and O–H groups in total. The molecule has 2 saturated heterocycles. The highest BCUT2D eigenvalue weighted by Crippen LogP contribution is 2.19. The number of benzene rings is 1. The molecule has 3 rings (SSSR count). The van der Waals surface area contributed by atoms with Crippen LogP contribution >= 0.6 is 0 Å². The monoisotopic (exact) mass is 361 g/mol. The smallest absolute Gasteiger partial charge is 0.223 e. The molecule has 2 fully saturated rings. The first-order chi connectivity index (χ1) is 12.7. The van der Waals surface area contributed by atoms with Crippen LogP contribution in [0, 0.1) is 11.7 Å². The molecule has 4 nitrogen and oxygen atoms in total. The first-order valence-corrected chi connectivity index (χ1v) is 10.2. The molecule has 26 heavy (non-hydrogen) atoms. The Hall–Kier alpha value is -1.46. The predicted octanol–water partition coefficient (Wildman–Crippen LogP) is 3.03. The highest BCUT2D eigenvalue weighted by atomic mass is 19.1. The van der Waals surface area contributed by atoms with Crippen molar-refractivity contribution in [3.8, 4) is 0 Å². The van der Waals surface area contributed by atoms with Gasteiger partial charge in [0.2, 0.25) is 5.91 Å². The van der Waals surface area contributed by atoms with Crippen LogP contribution in [0.15, 0.2) is 24.3 Å². The minimum absolute atomic E-state index is 0.148. The Morgan fingerprint density at radius 2 is 1.69 bits per heavy atom. The third kappa shape index (κ3) is 6.06. The Morgan fingerprint density at radius 1 is 1.00 bits per heavy atom. The van der Waals surface area contributed by atoms with Crippen LogP contribution in [0.2, 0.25) is 0 Å². The van der Waals surface area contributed by atoms with E-state index in [1.54, 1.807) is 0 Å². The quantitative estimate of drug-likeness (QED) is 0.759. The minimum Gasteiger partial charge on any atom is -0.356 e. The molecule has 1 amide bonds. The van der Waals surface area contributed by atoms with Gasteiger partial charge in [-0.25, -0.2) is 4.39 Å². The van der Waals surface area contributed by atoms with Gasteiger partial charge in [-0.3, -0.25) is 9.69 Å². The SMILES string of the molecule is O=C(NCCCN1CCCCC1)C1CCN(Cc2ccc(F)cc2)CC1. The summed E-state index contributed by atoms with van der Waals surface area (Å²) >= 11 is 0. The molecule has 1 aromatic carbocycles. The lowest BCUT2D eigenvalue weighted by atomic mass is 9.95. The number of halogens is 1. The molecule has 0 atom stereocenters. The summed E-state index contributed by atoms with van der Waals surface area (Å²) in [6.07, 6.45) is 6.90. The summed E-state index contributed by atoms with van der Waals surface area (Å²) in [5.41, 5.74) is 1.13. The van der Waals surface area contributed by atoms with Crippen molar-refractivity contribution in [2.45, 2.75) is 45.1 Å². The highest BCUT2D eigenvalue weighted by Gasteiger charge is 2.24. The first kappa shape index (κ1) is 19.3. The number of hydrogen-bond acceptors (Lipinski definition) is 3. The summed E-state index contributed by atoms with van der Waals surface area (Å²) in [6, 6.07) is 6.71. The summed E-state index contributed by atoms with van der Waals surface area (Å²) in [5.74, 6) is 0.184. The van der Waals surface area contributed by atoms with E-state index < -0.39 is 0 Å². The largest absolute Gasteiger partial charge is 0.356 e. The van der Waals surface area contributed by atoms with Crippen molar-refractivity contribution in [1.82, 2.24) is 15.1 Å². The number of carbonyl (C=O) groups is 1. The molecule has 0 bridgehead atoms. The molecule has 0 saturated carbocycles. The van der Waals surface area contributed by atoms with Crippen molar-refractivity contribution >= 4 is 5.91 Å². The Balaban J connectivity index is 1.29. The van der Waals surface area contributed by atoms with Gasteiger partial charge in [0.15, 0.2) is 0 Å². The van der Waals surface area contributed by atoms with E-state index in [9.17, 15) is 9.18 Å². The molecular formula is C21H32FN3O. The molecule has 2 aliphatic rings. The maximum Gasteiger partial charge on any atom is 0.223 e. The summed E-state index contributed by atoms with van der Waals surface area (Å²) in [5, 5.41) is 3.14. The zero-order valence-corrected chi connectivity index (χ0v) is 15.8. The van der Waals surface area contributed by atoms with Gasteiger partial charge in [-0.05, 0) is 82.5 Å². The molecule has 5 heteroatoms. The van der Waals surface area contributed by atoms with Crippen LogP contribution in [0.1, 0.15) is 44.1 Å². The fourth-order valence-electron chi connectivity index (χ4n) is 4.04. The predicted molar refractivity (Wildman–Crippen MR) is 102 cm³/mol. The second-order valence-electron chi connectivity index (χ2n) is 7.72. The van der Waals surface area contributed by atoms with Gasteiger partial charge in [-0.2, -0.15) is 0 Å². The molecule has 2 heterocycles. The van der Waals surface area contributed by atoms with Crippen LogP contribution in [-0.4, -0.2) is 55.0 Å². The second kappa shape index (κ2) is 10.0. The molecule has 0 aromatic heterocycles. The molecule has 0 aliphatic carbocycles. The lowest BCUT2D eigenvalue weighted by molar-refractivity contribution is -0.126. The normalized spacial score (nSPS) is 20.2. The van der Waals surface area contributed by atoms with E-state index in [1.807, 2.05) is 12.1 Å². The number of rotatable bonds is 7. The van der Waals surface area contributed by atoms with Crippen molar-refractivity contribution in [2.24, 2.45) is 5.92 Å². The standard InChI is InChI=1S/C21H32FN3O/c22-20-7-5-18(6-8-20)17-25-15-9-19(10-16-25)21(26)23-11-4-14-24-12-2-1-3-13-24/h5-8,19H,1-4,9-17H2,(H,23,26). The van der Waals surface area contributed by atoms with Crippen LogP contribution in [0.3, 0.4) is 0 Å². The number of piperidine rings is 2. The number of nitrogens with zero attached hydrogens (tertiary/aromatic N) is 2. The zero-order valence-electron chi connectivity index (χ0n) is 15.8. The Morgan fingerprint density at radius 3 is 2.38 bits per heavy atom. The molecule has 2 aliphatic heterocycles. The van der Waals surface area contributed by atoms with Crippen molar-refractivity contribution in [3.05, 3.63) is 35.6 Å². The Labute approximate surface area is 156 Å². The first-order valence-electron chi connectivity index (χ1n) is 10.2. The van der Waals surface area contributed by atoms with E-state index in [-0.39, 0.29) is 17.6 Å². The highest BCUT2D eigenvalue weighted by molar-refractivity contribution is 5.78. The number of likely N-dealkylation sites (tertiary alicyclic amines) is 2. The minimum atomic E-state index is -0.190. The Kier molecular flexibility index (Phi) is 7.44. The van der Waals surface area contributed by atoms with Crippen LogP contribution in [-0.2, 0) is 11.3 Å². The molecule has 144 valence electrons. The van der Waals surface area contributed by atoms with E-state index in [0.717, 1.165) is 57.5 Å². The van der Waals surface area contributed by atoms with E-state index in [1.165, 1.54) is 44.5 Å². The van der Waals surface area contributed by atoms with Crippen LogP contribution < -0.4 is 5.32 Å². The number of carbonyl (C=O) groups excluding carboxylic acids is 1. The Bertz CT molecular complexity index is 549. The maximum atomic E-state index is 13.0. The summed E-state index contributed by atoms with van der Waals surface area (Å²) in [7, 11) is 0. The fraction of sp³-hybridized carbons (Fsp3) is 0.667. The van der Waals surface area contributed by atoms with Gasteiger partial charge < -0.3 is 10.2 Å². The zero-order chi connectivity index (χ0) is 18.2. The third-order valence-corrected chi connectivity index (χ3v) is 5.68. The van der Waals surface area contributed by atoms with E-state index in [4.69, 9.17) is 0 Å². The fourth-order valence-corrected chi connectivity index (χ4v) is 4.04. The van der Waals surface area contributed by atoms with E-state index in [0.29, 0.717) is 0 Å². The molecule has 0 radical (unpaired) electrons. The van der Waals surface area contributed by atoms with Crippen molar-refractivity contribution in [2.75, 3.05) is 39.3 Å². The van der Waals surface area contributed by atoms with Gasteiger partial charge in [0.05, 0.1) is 0 Å². The van der Waals surface area contributed by atoms with Crippen LogP contribution in [0.5, 0.6) is 0 Å². The second-order valence-corrected chi connectivity index (χ2v) is 7.72. The average Bonchev–Trinajstić information content (AvgIpc) is 2.68. The van der Waals surface area contributed by atoms with E-state index >= 15 is 0 Å². The lowest BCUT2D eigenvalue weighted by Gasteiger charge is -2.31. The van der Waals surface area contributed by atoms with Crippen molar-refractivity contribution in [1.29, 1.82) is 0 Å². The van der Waals surface area contributed by atoms with Crippen molar-refractivity contribution < 1.29 is 9.18 Å². The van der Waals surface area contributed by atoms with Gasteiger partial charge in [0, 0.05) is 19.0 Å². The molecule has 0 unspecified atom stereocenters. The molecule has 0 spiro atoms. The average molecular weight is 362 g/mol. The maximum absolute atomic E-state index is 13.0. The van der Waals surface area contributed by atoms with Gasteiger partial charge in [0.1, 0.15) is 5.82 Å². The van der Waals surface area contributed by atoms with Gasteiger partial charge in [-0.1, -0.05) is 18.6 Å².